The fraction of sp³-hybridized carbons (Fsp3) is 0.259. The molecule has 9 heteroatoms. The number of rotatable bonds is 12. The van der Waals surface area contributed by atoms with Crippen molar-refractivity contribution in [1.29, 1.82) is 0 Å². The van der Waals surface area contributed by atoms with Gasteiger partial charge in [0, 0.05) is 24.2 Å². The molecule has 3 rings (SSSR count). The highest BCUT2D eigenvalue weighted by Gasteiger charge is 2.13. The first-order chi connectivity index (χ1) is 17.2. The molecule has 8 nitrogen and oxygen atoms in total. The van der Waals surface area contributed by atoms with Gasteiger partial charge in [0.1, 0.15) is 11.5 Å². The van der Waals surface area contributed by atoms with E-state index in [0.717, 1.165) is 16.7 Å². The Morgan fingerprint density at radius 1 is 1.06 bits per heavy atom. The van der Waals surface area contributed by atoms with Crippen molar-refractivity contribution in [3.8, 4) is 11.5 Å². The Morgan fingerprint density at radius 2 is 1.83 bits per heavy atom. The van der Waals surface area contributed by atoms with Gasteiger partial charge in [-0.3, -0.25) is 9.59 Å². The number of phenolic OH excluding ortho intramolecular Hbond substituents is 2. The lowest BCUT2D eigenvalue weighted by Crippen LogP contribution is -2.32. The number of nitrogens with one attached hydrogen (secondary N) is 3. The van der Waals surface area contributed by atoms with E-state index in [-0.39, 0.29) is 48.6 Å². The van der Waals surface area contributed by atoms with E-state index >= 15 is 0 Å². The molecule has 0 saturated heterocycles. The molecule has 3 aromatic rings. The SMILES string of the molecule is C[C@H](Cc1cccc(CC(=O)NCc2ccc(O)cc2Cl)c1)NC[C@H](O)c1ccc(O)c(NC=O)c1. The Morgan fingerprint density at radius 3 is 2.58 bits per heavy atom. The normalized spacial score (nSPS) is 12.5. The standard InChI is InChI=1S/C27H30ClN3O5/c1-17(29-15-26(35)20-6-8-25(34)24(12-20)31-16-32)9-18-3-2-4-19(10-18)11-27(36)30-14-21-5-7-22(33)13-23(21)28/h2-8,10,12-13,16-17,26,29,33-35H,9,11,14-15H2,1H3,(H,30,36)(H,31,32)/t17-,26+/m1/s1. The fourth-order valence-corrected chi connectivity index (χ4v) is 4.03. The third kappa shape index (κ3) is 7.98. The van der Waals surface area contributed by atoms with Crippen molar-refractivity contribution >= 4 is 29.6 Å². The molecule has 0 heterocycles. The number of aliphatic hydroxyl groups excluding tert-OH is 1. The van der Waals surface area contributed by atoms with Crippen LogP contribution in [0.25, 0.3) is 0 Å². The second-order valence-electron chi connectivity index (χ2n) is 8.62. The topological polar surface area (TPSA) is 131 Å². The Kier molecular flexibility index (Phi) is 9.69. The lowest BCUT2D eigenvalue weighted by molar-refractivity contribution is -0.120. The molecule has 0 saturated carbocycles. The zero-order valence-corrected chi connectivity index (χ0v) is 20.6. The van der Waals surface area contributed by atoms with E-state index in [0.29, 0.717) is 23.4 Å². The number of hydrogen-bond donors (Lipinski definition) is 6. The monoisotopic (exact) mass is 511 g/mol. The number of carbonyl (C=O) groups excluding carboxylic acids is 2. The quantitative estimate of drug-likeness (QED) is 0.163. The number of carbonyl (C=O) groups is 2. The zero-order valence-electron chi connectivity index (χ0n) is 19.9. The first-order valence-electron chi connectivity index (χ1n) is 11.5. The van der Waals surface area contributed by atoms with Gasteiger partial charge in [-0.1, -0.05) is 48.0 Å². The van der Waals surface area contributed by atoms with E-state index in [4.69, 9.17) is 11.6 Å². The molecule has 190 valence electrons. The maximum Gasteiger partial charge on any atom is 0.224 e. The maximum absolute atomic E-state index is 12.4. The van der Waals surface area contributed by atoms with Crippen molar-refractivity contribution in [2.75, 3.05) is 11.9 Å². The molecule has 0 fully saturated rings. The number of anilines is 1. The highest BCUT2D eigenvalue weighted by Crippen LogP contribution is 2.26. The predicted octanol–water partition coefficient (Wildman–Crippen LogP) is 3.43. The summed E-state index contributed by atoms with van der Waals surface area (Å²) in [4.78, 5) is 23.1. The van der Waals surface area contributed by atoms with E-state index in [2.05, 4.69) is 16.0 Å². The van der Waals surface area contributed by atoms with Crippen LogP contribution >= 0.6 is 11.6 Å². The van der Waals surface area contributed by atoms with Crippen LogP contribution in [0.5, 0.6) is 11.5 Å². The van der Waals surface area contributed by atoms with Crippen LogP contribution in [0.3, 0.4) is 0 Å². The third-order valence-electron chi connectivity index (χ3n) is 5.69. The molecule has 0 bridgehead atoms. The van der Waals surface area contributed by atoms with E-state index in [1.807, 2.05) is 31.2 Å². The van der Waals surface area contributed by atoms with Gasteiger partial charge in [-0.25, -0.2) is 0 Å². The summed E-state index contributed by atoms with van der Waals surface area (Å²) in [6.07, 6.45) is 0.563. The summed E-state index contributed by atoms with van der Waals surface area (Å²) < 4.78 is 0. The van der Waals surface area contributed by atoms with Crippen molar-refractivity contribution in [3.05, 3.63) is 87.9 Å². The minimum atomic E-state index is -0.822. The van der Waals surface area contributed by atoms with Crippen molar-refractivity contribution in [2.45, 2.75) is 38.5 Å². The number of amides is 2. The van der Waals surface area contributed by atoms with Gasteiger partial charge in [-0.05, 0) is 59.9 Å². The van der Waals surface area contributed by atoms with Crippen molar-refractivity contribution < 1.29 is 24.9 Å². The molecule has 0 aliphatic heterocycles. The molecule has 0 aromatic heterocycles. The van der Waals surface area contributed by atoms with Gasteiger partial charge in [-0.15, -0.1) is 0 Å². The predicted molar refractivity (Wildman–Crippen MR) is 139 cm³/mol. The molecule has 2 amide bonds. The number of halogens is 1. The number of benzene rings is 3. The summed E-state index contributed by atoms with van der Waals surface area (Å²) in [5.41, 5.74) is 3.47. The van der Waals surface area contributed by atoms with Crippen LogP contribution in [0.15, 0.2) is 60.7 Å². The van der Waals surface area contributed by atoms with Gasteiger partial charge < -0.3 is 31.3 Å². The highest BCUT2D eigenvalue weighted by molar-refractivity contribution is 6.31. The van der Waals surface area contributed by atoms with Crippen LogP contribution in [0.4, 0.5) is 5.69 Å². The molecule has 36 heavy (non-hydrogen) atoms. The van der Waals surface area contributed by atoms with Crippen LogP contribution < -0.4 is 16.0 Å². The number of phenols is 2. The Bertz CT molecular complexity index is 1200. The van der Waals surface area contributed by atoms with Crippen molar-refractivity contribution in [3.63, 3.8) is 0 Å². The summed E-state index contributed by atoms with van der Waals surface area (Å²) in [5.74, 6) is -0.133. The third-order valence-corrected chi connectivity index (χ3v) is 6.04. The van der Waals surface area contributed by atoms with Crippen LogP contribution in [0, 0.1) is 0 Å². The summed E-state index contributed by atoms with van der Waals surface area (Å²) in [6, 6.07) is 17.0. The molecule has 3 aromatic carbocycles. The smallest absolute Gasteiger partial charge is 0.224 e. The van der Waals surface area contributed by atoms with E-state index in [1.54, 1.807) is 12.1 Å². The van der Waals surface area contributed by atoms with Crippen molar-refractivity contribution in [2.24, 2.45) is 0 Å². The summed E-state index contributed by atoms with van der Waals surface area (Å²) in [5, 5.41) is 38.6. The molecule has 0 aliphatic rings. The largest absolute Gasteiger partial charge is 0.508 e. The first kappa shape index (κ1) is 27.0. The van der Waals surface area contributed by atoms with Crippen LogP contribution in [0.1, 0.15) is 35.3 Å². The molecule has 0 unspecified atom stereocenters. The molecule has 0 radical (unpaired) electrons. The number of aliphatic hydroxyl groups is 1. The van der Waals surface area contributed by atoms with Crippen LogP contribution in [-0.2, 0) is 29.0 Å². The van der Waals surface area contributed by atoms with Gasteiger partial charge >= 0.3 is 0 Å². The van der Waals surface area contributed by atoms with E-state index < -0.39 is 6.10 Å². The van der Waals surface area contributed by atoms with E-state index in [1.165, 1.54) is 24.3 Å². The Balaban J connectivity index is 1.49. The summed E-state index contributed by atoms with van der Waals surface area (Å²) >= 11 is 6.09. The molecular weight excluding hydrogens is 482 g/mol. The lowest BCUT2D eigenvalue weighted by Gasteiger charge is -2.18. The fourth-order valence-electron chi connectivity index (χ4n) is 3.78. The van der Waals surface area contributed by atoms with Gasteiger partial charge in [0.25, 0.3) is 0 Å². The lowest BCUT2D eigenvalue weighted by atomic mass is 10.0. The molecule has 6 N–H and O–H groups in total. The van der Waals surface area contributed by atoms with Crippen LogP contribution in [0.2, 0.25) is 5.02 Å². The molecule has 0 spiro atoms. The number of aromatic hydroxyl groups is 2. The number of hydrogen-bond acceptors (Lipinski definition) is 6. The highest BCUT2D eigenvalue weighted by atomic mass is 35.5. The van der Waals surface area contributed by atoms with Crippen molar-refractivity contribution in [1.82, 2.24) is 10.6 Å². The first-order valence-corrected chi connectivity index (χ1v) is 11.9. The molecule has 0 aliphatic carbocycles. The van der Waals surface area contributed by atoms with Gasteiger partial charge in [0.05, 0.1) is 18.2 Å². The second kappa shape index (κ2) is 12.9. The van der Waals surface area contributed by atoms with Gasteiger partial charge in [0.2, 0.25) is 12.3 Å². The minimum absolute atomic E-state index is 0.0463. The minimum Gasteiger partial charge on any atom is -0.508 e. The Labute approximate surface area is 214 Å². The van der Waals surface area contributed by atoms with Gasteiger partial charge in [-0.2, -0.15) is 0 Å². The molecule has 2 atom stereocenters. The Hall–Kier alpha value is -3.59. The zero-order chi connectivity index (χ0) is 26.1. The second-order valence-corrected chi connectivity index (χ2v) is 9.02. The van der Waals surface area contributed by atoms with E-state index in [9.17, 15) is 24.9 Å². The summed E-state index contributed by atoms with van der Waals surface area (Å²) in [6.45, 7) is 2.56. The summed E-state index contributed by atoms with van der Waals surface area (Å²) in [7, 11) is 0. The van der Waals surface area contributed by atoms with Gasteiger partial charge in [0.15, 0.2) is 0 Å². The van der Waals surface area contributed by atoms with Crippen LogP contribution in [-0.4, -0.2) is 40.2 Å². The average molecular weight is 512 g/mol. The molecular formula is C27H30ClN3O5. The average Bonchev–Trinajstić information content (AvgIpc) is 2.83. The maximum atomic E-state index is 12.4.